The van der Waals surface area contributed by atoms with Crippen LogP contribution in [-0.2, 0) is 11.2 Å². The number of hydrogen-bond donors (Lipinski definition) is 2. The highest BCUT2D eigenvalue weighted by Crippen LogP contribution is 2.26. The first kappa shape index (κ1) is 20.6. The lowest BCUT2D eigenvalue weighted by atomic mass is 10.1. The fourth-order valence-electron chi connectivity index (χ4n) is 2.42. The average Bonchev–Trinajstić information content (AvgIpc) is 3.22. The van der Waals surface area contributed by atoms with Crippen LogP contribution in [0.15, 0.2) is 40.2 Å². The molecule has 0 radical (unpaired) electrons. The maximum Gasteiger partial charge on any atom is 0.262 e. The second-order valence-corrected chi connectivity index (χ2v) is 9.67. The molecule has 0 saturated heterocycles. The largest absolute Gasteiger partial charge is 0.340 e. The van der Waals surface area contributed by atoms with Crippen LogP contribution < -0.4 is 10.6 Å². The van der Waals surface area contributed by atoms with Gasteiger partial charge in [0.1, 0.15) is 11.9 Å². The van der Waals surface area contributed by atoms with E-state index in [0.717, 1.165) is 19.9 Å². The van der Waals surface area contributed by atoms with Crippen molar-refractivity contribution in [3.8, 4) is 0 Å². The van der Waals surface area contributed by atoms with Crippen LogP contribution >= 0.6 is 38.6 Å². The molecule has 1 unspecified atom stereocenters. The quantitative estimate of drug-likeness (QED) is 0.532. The maximum atomic E-state index is 13.0. The number of hydrogen-bond acceptors (Lipinski definition) is 5. The second-order valence-electron chi connectivity index (χ2n) is 6.12. The number of anilines is 1. The van der Waals surface area contributed by atoms with Crippen LogP contribution in [0.25, 0.3) is 0 Å². The standard InChI is InChI=1S/C19H17BrFN3O2S2/c1-10-15(9-12-3-5-13(21)6-4-12)28-19(23-10)24-17(25)11(2)22-18(26)14-7-8-16(20)27-14/h3-8,11H,9H2,1-2H3,(H,22,26)(H,23,24,25). The first-order valence-corrected chi connectivity index (χ1v) is 10.8. The van der Waals surface area contributed by atoms with Gasteiger partial charge < -0.3 is 10.6 Å². The predicted octanol–water partition coefficient (Wildman–Crippen LogP) is 4.76. The van der Waals surface area contributed by atoms with Gasteiger partial charge >= 0.3 is 0 Å². The third-order valence-corrected chi connectivity index (χ3v) is 6.63. The van der Waals surface area contributed by atoms with Crippen molar-refractivity contribution in [2.24, 2.45) is 0 Å². The van der Waals surface area contributed by atoms with E-state index in [1.807, 2.05) is 6.92 Å². The normalized spacial score (nSPS) is 11.9. The summed E-state index contributed by atoms with van der Waals surface area (Å²) >= 11 is 5.98. The Morgan fingerprint density at radius 3 is 2.54 bits per heavy atom. The second kappa shape index (κ2) is 8.93. The van der Waals surface area contributed by atoms with Crippen LogP contribution in [0.5, 0.6) is 0 Å². The highest BCUT2D eigenvalue weighted by Gasteiger charge is 2.19. The molecule has 2 amide bonds. The van der Waals surface area contributed by atoms with Crippen LogP contribution in [0.1, 0.15) is 32.7 Å². The lowest BCUT2D eigenvalue weighted by molar-refractivity contribution is -0.117. The van der Waals surface area contributed by atoms with Crippen molar-refractivity contribution in [3.63, 3.8) is 0 Å². The van der Waals surface area contributed by atoms with E-state index in [0.29, 0.717) is 16.4 Å². The van der Waals surface area contributed by atoms with E-state index in [-0.39, 0.29) is 17.6 Å². The molecule has 0 spiro atoms. The summed E-state index contributed by atoms with van der Waals surface area (Å²) < 4.78 is 13.9. The van der Waals surface area contributed by atoms with E-state index in [2.05, 4.69) is 31.5 Å². The summed E-state index contributed by atoms with van der Waals surface area (Å²) in [5.41, 5.74) is 1.78. The summed E-state index contributed by atoms with van der Waals surface area (Å²) in [6.07, 6.45) is 0.610. The number of thiophene rings is 1. The van der Waals surface area contributed by atoms with Crippen LogP contribution in [-0.4, -0.2) is 22.8 Å². The molecule has 9 heteroatoms. The molecule has 5 nitrogen and oxygen atoms in total. The van der Waals surface area contributed by atoms with E-state index < -0.39 is 6.04 Å². The van der Waals surface area contributed by atoms with E-state index in [1.54, 1.807) is 31.2 Å². The fraction of sp³-hybridized carbons (Fsp3) is 0.211. The molecule has 0 fully saturated rings. The smallest absolute Gasteiger partial charge is 0.262 e. The predicted molar refractivity (Wildman–Crippen MR) is 114 cm³/mol. The van der Waals surface area contributed by atoms with Gasteiger partial charge in [-0.1, -0.05) is 12.1 Å². The van der Waals surface area contributed by atoms with Gasteiger partial charge in [-0.05, 0) is 59.6 Å². The first-order chi connectivity index (χ1) is 13.3. The fourth-order valence-corrected chi connectivity index (χ4v) is 4.71. The van der Waals surface area contributed by atoms with Crippen molar-refractivity contribution < 1.29 is 14.0 Å². The Morgan fingerprint density at radius 2 is 1.89 bits per heavy atom. The molecule has 0 aliphatic carbocycles. The van der Waals surface area contributed by atoms with Gasteiger partial charge in [0.2, 0.25) is 5.91 Å². The summed E-state index contributed by atoms with van der Waals surface area (Å²) in [4.78, 5) is 30.5. The Balaban J connectivity index is 1.60. The third-order valence-electron chi connectivity index (χ3n) is 3.94. The van der Waals surface area contributed by atoms with Crippen molar-refractivity contribution in [2.45, 2.75) is 26.3 Å². The Hall–Kier alpha value is -2.10. The molecule has 2 heterocycles. The van der Waals surface area contributed by atoms with Crippen LogP contribution in [0, 0.1) is 12.7 Å². The molecule has 0 aliphatic rings. The molecule has 3 aromatic rings. The number of amides is 2. The summed E-state index contributed by atoms with van der Waals surface area (Å²) in [5.74, 6) is -0.916. The molecule has 146 valence electrons. The van der Waals surface area contributed by atoms with Crippen molar-refractivity contribution in [2.75, 3.05) is 5.32 Å². The molecule has 0 aliphatic heterocycles. The molecule has 3 rings (SSSR count). The Labute approximate surface area is 178 Å². The zero-order valence-electron chi connectivity index (χ0n) is 15.1. The van der Waals surface area contributed by atoms with Crippen molar-refractivity contribution in [3.05, 3.63) is 67.0 Å². The van der Waals surface area contributed by atoms with E-state index in [9.17, 15) is 14.0 Å². The van der Waals surface area contributed by atoms with Gasteiger partial charge in [-0.15, -0.1) is 22.7 Å². The first-order valence-electron chi connectivity index (χ1n) is 8.39. The summed E-state index contributed by atoms with van der Waals surface area (Å²) in [5, 5.41) is 5.90. The molecule has 2 N–H and O–H groups in total. The monoisotopic (exact) mass is 481 g/mol. The number of aryl methyl sites for hydroxylation is 1. The Bertz CT molecular complexity index is 1000. The van der Waals surface area contributed by atoms with Crippen LogP contribution in [0.4, 0.5) is 9.52 Å². The number of benzene rings is 1. The lowest BCUT2D eigenvalue weighted by Crippen LogP contribution is -2.41. The van der Waals surface area contributed by atoms with Gasteiger partial charge in [0.05, 0.1) is 14.4 Å². The van der Waals surface area contributed by atoms with E-state index in [4.69, 9.17) is 0 Å². The molecular formula is C19H17BrFN3O2S2. The number of nitrogens with zero attached hydrogens (tertiary/aromatic N) is 1. The number of thiazole rings is 1. The van der Waals surface area contributed by atoms with Crippen LogP contribution in [0.3, 0.4) is 0 Å². The molecule has 28 heavy (non-hydrogen) atoms. The molecule has 1 atom stereocenters. The summed E-state index contributed by atoms with van der Waals surface area (Å²) in [6.45, 7) is 3.49. The zero-order valence-corrected chi connectivity index (χ0v) is 18.3. The average molecular weight is 482 g/mol. The third kappa shape index (κ3) is 5.24. The number of halogens is 2. The van der Waals surface area contributed by atoms with Gasteiger partial charge in [0, 0.05) is 11.3 Å². The Kier molecular flexibility index (Phi) is 6.58. The SMILES string of the molecule is Cc1nc(NC(=O)C(C)NC(=O)c2ccc(Br)s2)sc1Cc1ccc(F)cc1. The minimum atomic E-state index is -0.710. The van der Waals surface area contributed by atoms with Gasteiger partial charge in [-0.2, -0.15) is 0 Å². The van der Waals surface area contributed by atoms with Gasteiger partial charge in [0.25, 0.3) is 5.91 Å². The van der Waals surface area contributed by atoms with E-state index in [1.165, 1.54) is 34.8 Å². The highest BCUT2D eigenvalue weighted by atomic mass is 79.9. The number of nitrogens with one attached hydrogen (secondary N) is 2. The molecule has 0 saturated carbocycles. The minimum absolute atomic E-state index is 0.274. The van der Waals surface area contributed by atoms with Gasteiger partial charge in [-0.3, -0.25) is 9.59 Å². The van der Waals surface area contributed by atoms with Crippen molar-refractivity contribution >= 4 is 55.5 Å². The van der Waals surface area contributed by atoms with E-state index >= 15 is 0 Å². The number of carbonyl (C=O) groups is 2. The molecule has 1 aromatic carbocycles. The zero-order chi connectivity index (χ0) is 20.3. The van der Waals surface area contributed by atoms with Crippen molar-refractivity contribution in [1.82, 2.24) is 10.3 Å². The molecule has 0 bridgehead atoms. The maximum absolute atomic E-state index is 13.0. The van der Waals surface area contributed by atoms with Gasteiger partial charge in [0.15, 0.2) is 5.13 Å². The number of aromatic nitrogens is 1. The molecular weight excluding hydrogens is 465 g/mol. The van der Waals surface area contributed by atoms with Crippen LogP contribution in [0.2, 0.25) is 0 Å². The Morgan fingerprint density at radius 1 is 1.18 bits per heavy atom. The summed E-state index contributed by atoms with van der Waals surface area (Å²) in [7, 11) is 0. The lowest BCUT2D eigenvalue weighted by Gasteiger charge is -2.12. The number of carbonyl (C=O) groups excluding carboxylic acids is 2. The van der Waals surface area contributed by atoms with Crippen molar-refractivity contribution in [1.29, 1.82) is 0 Å². The summed E-state index contributed by atoms with van der Waals surface area (Å²) in [6, 6.07) is 9.07. The van der Waals surface area contributed by atoms with Gasteiger partial charge in [-0.25, -0.2) is 9.37 Å². The topological polar surface area (TPSA) is 71.1 Å². The number of rotatable bonds is 6. The minimum Gasteiger partial charge on any atom is -0.340 e. The molecule has 2 aromatic heterocycles. The highest BCUT2D eigenvalue weighted by molar-refractivity contribution is 9.11.